The largest absolute Gasteiger partial charge is 0.319 e. The number of hydrogen-bond donors (Lipinski definition) is 1. The number of benzene rings is 1. The van der Waals surface area contributed by atoms with E-state index in [1.165, 1.54) is 0 Å². The van der Waals surface area contributed by atoms with Gasteiger partial charge in [0.05, 0.1) is 6.04 Å². The van der Waals surface area contributed by atoms with Crippen molar-refractivity contribution in [2.24, 2.45) is 5.73 Å². The Kier molecular flexibility index (Phi) is 4.74. The minimum atomic E-state index is -0.625. The highest BCUT2D eigenvalue weighted by Gasteiger charge is 2.21. The van der Waals surface area contributed by atoms with Crippen LogP contribution in [0.2, 0.25) is 0 Å². The summed E-state index contributed by atoms with van der Waals surface area (Å²) in [5.41, 5.74) is 7.71. The fourth-order valence-corrected chi connectivity index (χ4v) is 1.73. The van der Waals surface area contributed by atoms with Gasteiger partial charge in [-0.1, -0.05) is 18.2 Å². The van der Waals surface area contributed by atoms with Crippen molar-refractivity contribution in [1.82, 2.24) is 0 Å². The minimum Gasteiger partial charge on any atom is -0.319 e. The highest BCUT2D eigenvalue weighted by molar-refractivity contribution is 5.97. The summed E-state index contributed by atoms with van der Waals surface area (Å²) in [6.45, 7) is 4.48. The van der Waals surface area contributed by atoms with Gasteiger partial charge in [0.25, 0.3) is 0 Å². The molecule has 3 heteroatoms. The lowest BCUT2D eigenvalue weighted by molar-refractivity contribution is -0.119. The predicted molar refractivity (Wildman–Crippen MR) is 70.6 cm³/mol. The Morgan fingerprint density at radius 2 is 2.18 bits per heavy atom. The van der Waals surface area contributed by atoms with E-state index in [9.17, 15) is 4.79 Å². The van der Waals surface area contributed by atoms with Crippen molar-refractivity contribution < 1.29 is 4.79 Å². The highest BCUT2D eigenvalue weighted by Crippen LogP contribution is 2.19. The average Bonchev–Trinajstić information content (AvgIpc) is 2.32. The number of rotatable bonds is 4. The van der Waals surface area contributed by atoms with E-state index in [2.05, 4.69) is 5.92 Å². The summed E-state index contributed by atoms with van der Waals surface area (Å²) in [4.78, 5) is 13.8. The van der Waals surface area contributed by atoms with Crippen molar-refractivity contribution in [2.75, 3.05) is 11.4 Å². The lowest BCUT2D eigenvalue weighted by Crippen LogP contribution is -2.44. The summed E-state index contributed by atoms with van der Waals surface area (Å²) in [5, 5.41) is 0. The molecule has 0 saturated carbocycles. The molecule has 1 rings (SSSR count). The van der Waals surface area contributed by atoms with Crippen molar-refractivity contribution >= 4 is 11.6 Å². The molecule has 1 aromatic rings. The van der Waals surface area contributed by atoms with Crippen LogP contribution in [0.5, 0.6) is 0 Å². The van der Waals surface area contributed by atoms with Crippen LogP contribution in [0, 0.1) is 19.3 Å². The molecule has 0 spiro atoms. The number of amides is 1. The fraction of sp³-hybridized carbons (Fsp3) is 0.357. The first-order valence-corrected chi connectivity index (χ1v) is 5.67. The van der Waals surface area contributed by atoms with Gasteiger partial charge in [-0.25, -0.2) is 0 Å². The lowest BCUT2D eigenvalue weighted by Gasteiger charge is -2.25. The van der Waals surface area contributed by atoms with E-state index >= 15 is 0 Å². The third-order valence-corrected chi connectivity index (χ3v) is 2.64. The van der Waals surface area contributed by atoms with Gasteiger partial charge in [0, 0.05) is 18.7 Å². The molecule has 0 aliphatic carbocycles. The maximum Gasteiger partial charge on any atom is 0.244 e. The third kappa shape index (κ3) is 3.08. The maximum absolute atomic E-state index is 12.1. The second-order valence-electron chi connectivity index (χ2n) is 3.88. The summed E-state index contributed by atoms with van der Waals surface area (Å²) in [7, 11) is 0. The first-order valence-electron chi connectivity index (χ1n) is 5.67. The van der Waals surface area contributed by atoms with Gasteiger partial charge in [-0.3, -0.25) is 4.79 Å². The average molecular weight is 230 g/mol. The van der Waals surface area contributed by atoms with E-state index in [1.54, 1.807) is 4.90 Å². The van der Waals surface area contributed by atoms with Crippen LogP contribution in [0.3, 0.4) is 0 Å². The molecule has 0 saturated heterocycles. The molecule has 17 heavy (non-hydrogen) atoms. The van der Waals surface area contributed by atoms with Gasteiger partial charge in [0.15, 0.2) is 0 Å². The molecular formula is C14H18N2O. The number of hydrogen-bond acceptors (Lipinski definition) is 2. The molecule has 1 aromatic carbocycles. The molecule has 1 amide bonds. The van der Waals surface area contributed by atoms with Gasteiger partial charge in [0.2, 0.25) is 5.91 Å². The van der Waals surface area contributed by atoms with E-state index < -0.39 is 6.04 Å². The molecule has 0 aliphatic rings. The Balaban J connectivity index is 2.97. The third-order valence-electron chi connectivity index (χ3n) is 2.64. The first-order chi connectivity index (χ1) is 8.11. The number of aryl methyl sites for hydroxylation is 1. The van der Waals surface area contributed by atoms with Crippen molar-refractivity contribution in [3.63, 3.8) is 0 Å². The molecule has 1 atom stereocenters. The van der Waals surface area contributed by atoms with Crippen LogP contribution in [0.15, 0.2) is 24.3 Å². The van der Waals surface area contributed by atoms with Crippen LogP contribution in [-0.2, 0) is 4.79 Å². The van der Waals surface area contributed by atoms with Crippen LogP contribution >= 0.6 is 0 Å². The van der Waals surface area contributed by atoms with Gasteiger partial charge in [-0.15, -0.1) is 12.3 Å². The second kappa shape index (κ2) is 6.07. The van der Waals surface area contributed by atoms with Crippen LogP contribution in [0.4, 0.5) is 5.69 Å². The molecule has 0 bridgehead atoms. The van der Waals surface area contributed by atoms with Gasteiger partial charge < -0.3 is 10.6 Å². The normalized spacial score (nSPS) is 11.6. The summed E-state index contributed by atoms with van der Waals surface area (Å²) >= 11 is 0. The maximum atomic E-state index is 12.1. The molecule has 1 unspecified atom stereocenters. The quantitative estimate of drug-likeness (QED) is 0.800. The summed E-state index contributed by atoms with van der Waals surface area (Å²) in [6, 6.07) is 7.11. The number of carbonyl (C=O) groups excluding carboxylic acids is 1. The molecule has 3 nitrogen and oxygen atoms in total. The number of nitrogens with two attached hydrogens (primary N) is 1. The molecule has 0 radical (unpaired) electrons. The lowest BCUT2D eigenvalue weighted by atomic mass is 10.1. The minimum absolute atomic E-state index is 0.125. The van der Waals surface area contributed by atoms with Gasteiger partial charge >= 0.3 is 0 Å². The number of carbonyl (C=O) groups is 1. The van der Waals surface area contributed by atoms with E-state index in [-0.39, 0.29) is 12.3 Å². The van der Waals surface area contributed by atoms with Gasteiger partial charge in [-0.2, -0.15) is 0 Å². The van der Waals surface area contributed by atoms with Crippen LogP contribution in [-0.4, -0.2) is 18.5 Å². The SMILES string of the molecule is C#CCC(N)C(=O)N(CC)c1ccccc1C. The summed E-state index contributed by atoms with van der Waals surface area (Å²) in [5.74, 6) is 2.30. The van der Waals surface area contributed by atoms with Crippen molar-refractivity contribution in [2.45, 2.75) is 26.3 Å². The smallest absolute Gasteiger partial charge is 0.244 e. The predicted octanol–water partition coefficient (Wildman–Crippen LogP) is 1.70. The second-order valence-corrected chi connectivity index (χ2v) is 3.88. The fourth-order valence-electron chi connectivity index (χ4n) is 1.73. The number of para-hydroxylation sites is 1. The van der Waals surface area contributed by atoms with E-state index in [0.717, 1.165) is 11.3 Å². The molecule has 90 valence electrons. The number of terminal acetylenes is 1. The molecular weight excluding hydrogens is 212 g/mol. The zero-order valence-electron chi connectivity index (χ0n) is 10.3. The number of anilines is 1. The zero-order valence-corrected chi connectivity index (χ0v) is 10.3. The molecule has 0 aromatic heterocycles. The summed E-state index contributed by atoms with van der Waals surface area (Å²) in [6.07, 6.45) is 5.44. The number of nitrogens with zero attached hydrogens (tertiary/aromatic N) is 1. The molecule has 0 fully saturated rings. The standard InChI is InChI=1S/C14H18N2O/c1-4-8-12(15)14(17)16(5-2)13-10-7-6-9-11(13)3/h1,6-7,9-10,12H,5,8,15H2,2-3H3. The Bertz CT molecular complexity index is 434. The van der Waals surface area contributed by atoms with Gasteiger partial charge in [0.1, 0.15) is 0 Å². The molecule has 0 aliphatic heterocycles. The highest BCUT2D eigenvalue weighted by atomic mass is 16.2. The van der Waals surface area contributed by atoms with Crippen LogP contribution in [0.1, 0.15) is 18.9 Å². The van der Waals surface area contributed by atoms with Crippen molar-refractivity contribution in [3.05, 3.63) is 29.8 Å². The molecule has 2 N–H and O–H groups in total. The first kappa shape index (κ1) is 13.3. The topological polar surface area (TPSA) is 46.3 Å². The van der Waals surface area contributed by atoms with Crippen LogP contribution < -0.4 is 10.6 Å². The van der Waals surface area contributed by atoms with Crippen molar-refractivity contribution in [3.8, 4) is 12.3 Å². The van der Waals surface area contributed by atoms with Crippen LogP contribution in [0.25, 0.3) is 0 Å². The molecule has 0 heterocycles. The van der Waals surface area contributed by atoms with Crippen molar-refractivity contribution in [1.29, 1.82) is 0 Å². The number of likely N-dealkylation sites (N-methyl/N-ethyl adjacent to an activating group) is 1. The Morgan fingerprint density at radius 3 is 2.71 bits per heavy atom. The van der Waals surface area contributed by atoms with E-state index in [0.29, 0.717) is 6.54 Å². The van der Waals surface area contributed by atoms with E-state index in [4.69, 9.17) is 12.2 Å². The van der Waals surface area contributed by atoms with E-state index in [1.807, 2.05) is 38.1 Å². The zero-order chi connectivity index (χ0) is 12.8. The Labute approximate surface area is 103 Å². The monoisotopic (exact) mass is 230 g/mol. The van der Waals surface area contributed by atoms with Gasteiger partial charge in [-0.05, 0) is 25.5 Å². The summed E-state index contributed by atoms with van der Waals surface area (Å²) < 4.78 is 0. The Hall–Kier alpha value is -1.79. The Morgan fingerprint density at radius 1 is 1.53 bits per heavy atom.